The zero-order valence-electron chi connectivity index (χ0n) is 7.42. The number of rotatable bonds is 4. The third kappa shape index (κ3) is 2.19. The molecule has 1 atom stereocenters. The van der Waals surface area contributed by atoms with Crippen LogP contribution in [0.1, 0.15) is 29.3 Å². The molecular formula is C10H15NS. The Morgan fingerprint density at radius 3 is 3.00 bits per heavy atom. The van der Waals surface area contributed by atoms with Gasteiger partial charge in [-0.05, 0) is 36.8 Å². The van der Waals surface area contributed by atoms with Gasteiger partial charge in [-0.1, -0.05) is 6.08 Å². The highest BCUT2D eigenvalue weighted by molar-refractivity contribution is 7.10. The van der Waals surface area contributed by atoms with Gasteiger partial charge in [-0.3, -0.25) is 0 Å². The second-order valence-electron chi connectivity index (χ2n) is 2.94. The highest BCUT2D eigenvalue weighted by atomic mass is 32.1. The van der Waals surface area contributed by atoms with Gasteiger partial charge in [-0.25, -0.2) is 0 Å². The van der Waals surface area contributed by atoms with E-state index in [1.54, 1.807) is 11.3 Å². The van der Waals surface area contributed by atoms with Gasteiger partial charge in [0.05, 0.1) is 0 Å². The molecule has 0 fully saturated rings. The van der Waals surface area contributed by atoms with Crippen LogP contribution in [0.15, 0.2) is 24.1 Å². The van der Waals surface area contributed by atoms with Crippen molar-refractivity contribution in [2.45, 2.75) is 25.8 Å². The maximum absolute atomic E-state index is 5.99. The fourth-order valence-electron chi connectivity index (χ4n) is 1.19. The van der Waals surface area contributed by atoms with Gasteiger partial charge in [0.2, 0.25) is 0 Å². The van der Waals surface area contributed by atoms with E-state index in [0.29, 0.717) is 0 Å². The van der Waals surface area contributed by atoms with Crippen LogP contribution in [0.25, 0.3) is 0 Å². The van der Waals surface area contributed by atoms with Crippen molar-refractivity contribution in [1.29, 1.82) is 0 Å². The van der Waals surface area contributed by atoms with Gasteiger partial charge in [-0.2, -0.15) is 0 Å². The number of nitrogens with two attached hydrogens (primary N) is 1. The van der Waals surface area contributed by atoms with E-state index in [0.717, 1.165) is 12.8 Å². The third-order valence-corrected chi connectivity index (χ3v) is 3.07. The van der Waals surface area contributed by atoms with Gasteiger partial charge in [0, 0.05) is 10.9 Å². The van der Waals surface area contributed by atoms with Crippen molar-refractivity contribution >= 4 is 11.3 Å². The largest absolute Gasteiger partial charge is 0.323 e. The molecule has 1 aromatic rings. The number of hydrogen-bond donors (Lipinski definition) is 1. The molecular weight excluding hydrogens is 166 g/mol. The molecule has 0 spiro atoms. The monoisotopic (exact) mass is 181 g/mol. The first-order valence-electron chi connectivity index (χ1n) is 4.16. The molecule has 0 radical (unpaired) electrons. The topological polar surface area (TPSA) is 26.0 Å². The molecule has 0 bridgehead atoms. The van der Waals surface area contributed by atoms with Crippen molar-refractivity contribution < 1.29 is 0 Å². The first-order chi connectivity index (χ1) is 5.75. The summed E-state index contributed by atoms with van der Waals surface area (Å²) in [5.74, 6) is 0. The van der Waals surface area contributed by atoms with E-state index >= 15 is 0 Å². The van der Waals surface area contributed by atoms with Crippen LogP contribution < -0.4 is 5.73 Å². The van der Waals surface area contributed by atoms with Crippen LogP contribution in [0.5, 0.6) is 0 Å². The van der Waals surface area contributed by atoms with E-state index in [9.17, 15) is 0 Å². The summed E-state index contributed by atoms with van der Waals surface area (Å²) in [6.45, 7) is 5.79. The Hall–Kier alpha value is -0.600. The van der Waals surface area contributed by atoms with Crippen LogP contribution in [-0.2, 0) is 0 Å². The minimum Gasteiger partial charge on any atom is -0.323 e. The molecule has 0 aromatic carbocycles. The highest BCUT2D eigenvalue weighted by Gasteiger charge is 2.08. The lowest BCUT2D eigenvalue weighted by molar-refractivity contribution is 0.669. The summed E-state index contributed by atoms with van der Waals surface area (Å²) in [6.07, 6.45) is 3.92. The average Bonchev–Trinajstić information content (AvgIpc) is 2.47. The quantitative estimate of drug-likeness (QED) is 0.710. The molecule has 12 heavy (non-hydrogen) atoms. The molecule has 1 heterocycles. The van der Waals surface area contributed by atoms with Gasteiger partial charge in [0.1, 0.15) is 0 Å². The molecule has 0 saturated heterocycles. The van der Waals surface area contributed by atoms with E-state index in [-0.39, 0.29) is 6.04 Å². The van der Waals surface area contributed by atoms with E-state index in [1.807, 2.05) is 6.08 Å². The summed E-state index contributed by atoms with van der Waals surface area (Å²) in [6, 6.07) is 2.32. The molecule has 1 aromatic heterocycles. The van der Waals surface area contributed by atoms with Crippen molar-refractivity contribution in [3.63, 3.8) is 0 Å². The zero-order chi connectivity index (χ0) is 8.97. The predicted octanol–water partition coefficient (Wildman–Crippen LogP) is 3.02. The molecule has 0 unspecified atom stereocenters. The maximum Gasteiger partial charge on any atom is 0.0395 e. The molecule has 66 valence electrons. The first kappa shape index (κ1) is 9.49. The molecule has 0 aliphatic carbocycles. The summed E-state index contributed by atoms with van der Waals surface area (Å²) in [7, 11) is 0. The Morgan fingerprint density at radius 2 is 2.50 bits per heavy atom. The SMILES string of the molecule is C=CCC[C@@H](N)c1sccc1C. The summed E-state index contributed by atoms with van der Waals surface area (Å²) in [5, 5.41) is 2.10. The van der Waals surface area contributed by atoms with Crippen LogP contribution in [0.2, 0.25) is 0 Å². The van der Waals surface area contributed by atoms with Crippen molar-refractivity contribution in [1.82, 2.24) is 0 Å². The average molecular weight is 181 g/mol. The molecule has 0 aliphatic heterocycles. The summed E-state index contributed by atoms with van der Waals surface area (Å²) >= 11 is 1.75. The van der Waals surface area contributed by atoms with Gasteiger partial charge >= 0.3 is 0 Å². The molecule has 2 N–H and O–H groups in total. The van der Waals surface area contributed by atoms with Crippen LogP contribution in [0, 0.1) is 6.92 Å². The molecule has 2 heteroatoms. The predicted molar refractivity (Wildman–Crippen MR) is 55.4 cm³/mol. The fourth-order valence-corrected chi connectivity index (χ4v) is 2.16. The molecule has 0 aliphatic rings. The van der Waals surface area contributed by atoms with Gasteiger partial charge < -0.3 is 5.73 Å². The minimum absolute atomic E-state index is 0.197. The minimum atomic E-state index is 0.197. The van der Waals surface area contributed by atoms with E-state index < -0.39 is 0 Å². The van der Waals surface area contributed by atoms with Gasteiger partial charge in [0.15, 0.2) is 0 Å². The smallest absolute Gasteiger partial charge is 0.0395 e. The van der Waals surface area contributed by atoms with Crippen LogP contribution in [0.4, 0.5) is 0 Å². The first-order valence-corrected chi connectivity index (χ1v) is 5.04. The van der Waals surface area contributed by atoms with E-state index in [1.165, 1.54) is 10.4 Å². The standard InChI is InChI=1S/C10H15NS/c1-3-4-5-9(11)10-8(2)6-7-12-10/h3,6-7,9H,1,4-5,11H2,2H3/t9-/m1/s1. The Bertz CT molecular complexity index is 252. The lowest BCUT2D eigenvalue weighted by Crippen LogP contribution is -2.08. The zero-order valence-corrected chi connectivity index (χ0v) is 8.23. The van der Waals surface area contributed by atoms with Crippen LogP contribution in [0.3, 0.4) is 0 Å². The summed E-state index contributed by atoms with van der Waals surface area (Å²) in [4.78, 5) is 1.32. The fraction of sp³-hybridized carbons (Fsp3) is 0.400. The molecule has 1 nitrogen and oxygen atoms in total. The molecule has 1 rings (SSSR count). The van der Waals surface area contributed by atoms with Crippen molar-refractivity contribution in [2.24, 2.45) is 5.73 Å². The van der Waals surface area contributed by atoms with Crippen LogP contribution >= 0.6 is 11.3 Å². The van der Waals surface area contributed by atoms with E-state index in [2.05, 4.69) is 24.9 Å². The summed E-state index contributed by atoms with van der Waals surface area (Å²) in [5.41, 5.74) is 7.31. The lowest BCUT2D eigenvalue weighted by Gasteiger charge is -2.08. The number of aryl methyl sites for hydroxylation is 1. The number of hydrogen-bond acceptors (Lipinski definition) is 2. The lowest BCUT2D eigenvalue weighted by atomic mass is 10.1. The van der Waals surface area contributed by atoms with Crippen LogP contribution in [-0.4, -0.2) is 0 Å². The van der Waals surface area contributed by atoms with Crippen molar-refractivity contribution in [3.05, 3.63) is 34.5 Å². The Balaban J connectivity index is 2.58. The number of thiophene rings is 1. The van der Waals surface area contributed by atoms with E-state index in [4.69, 9.17) is 5.73 Å². The molecule has 0 saturated carbocycles. The second kappa shape index (κ2) is 4.43. The second-order valence-corrected chi connectivity index (χ2v) is 3.89. The number of allylic oxidation sites excluding steroid dienone is 1. The van der Waals surface area contributed by atoms with Gasteiger partial charge in [-0.15, -0.1) is 17.9 Å². The Morgan fingerprint density at radius 1 is 1.75 bits per heavy atom. The summed E-state index contributed by atoms with van der Waals surface area (Å²) < 4.78 is 0. The Kier molecular flexibility index (Phi) is 3.50. The maximum atomic E-state index is 5.99. The third-order valence-electron chi connectivity index (χ3n) is 1.92. The molecule has 0 amide bonds. The highest BCUT2D eigenvalue weighted by Crippen LogP contribution is 2.25. The van der Waals surface area contributed by atoms with Crippen molar-refractivity contribution in [2.75, 3.05) is 0 Å². The van der Waals surface area contributed by atoms with Crippen molar-refractivity contribution in [3.8, 4) is 0 Å². The van der Waals surface area contributed by atoms with Gasteiger partial charge in [0.25, 0.3) is 0 Å². The normalized spacial score (nSPS) is 12.8. The Labute approximate surface area is 77.9 Å².